The first kappa shape index (κ1) is 11.6. The van der Waals surface area contributed by atoms with Crippen molar-refractivity contribution in [1.29, 1.82) is 5.26 Å². The molecule has 0 atom stereocenters. The Kier molecular flexibility index (Phi) is 3.21. The Morgan fingerprint density at radius 3 is 2.83 bits per heavy atom. The first-order valence-electron chi connectivity index (χ1n) is 5.22. The summed E-state index contributed by atoms with van der Waals surface area (Å²) in [6.07, 6.45) is 1.47. The quantitative estimate of drug-likeness (QED) is 0.834. The van der Waals surface area contributed by atoms with E-state index in [-0.39, 0.29) is 5.91 Å². The van der Waals surface area contributed by atoms with Crippen molar-refractivity contribution in [3.8, 4) is 6.07 Å². The summed E-state index contributed by atoms with van der Waals surface area (Å²) in [7, 11) is 0. The van der Waals surface area contributed by atoms with E-state index < -0.39 is 0 Å². The molecule has 1 aromatic heterocycles. The Balaban J connectivity index is 2.17. The van der Waals surface area contributed by atoms with E-state index in [1.54, 1.807) is 30.3 Å². The fourth-order valence-electron chi connectivity index (χ4n) is 1.41. The molecule has 0 unspecified atom stereocenters. The maximum absolute atomic E-state index is 11.9. The number of benzene rings is 1. The van der Waals surface area contributed by atoms with E-state index in [0.717, 1.165) is 0 Å². The van der Waals surface area contributed by atoms with Gasteiger partial charge in [-0.25, -0.2) is 4.98 Å². The lowest BCUT2D eigenvalue weighted by Crippen LogP contribution is -2.12. The molecule has 3 N–H and O–H groups in total. The van der Waals surface area contributed by atoms with Crippen LogP contribution in [0.15, 0.2) is 42.6 Å². The second kappa shape index (κ2) is 4.97. The third kappa shape index (κ3) is 2.62. The van der Waals surface area contributed by atoms with Crippen LogP contribution in [-0.4, -0.2) is 10.9 Å². The number of nitrogens with two attached hydrogens (primary N) is 1. The van der Waals surface area contributed by atoms with E-state index in [1.807, 2.05) is 6.07 Å². The van der Waals surface area contributed by atoms with Crippen LogP contribution in [0.3, 0.4) is 0 Å². The molecule has 2 aromatic rings. The Hall–Kier alpha value is -2.87. The maximum Gasteiger partial charge on any atom is 0.255 e. The summed E-state index contributed by atoms with van der Waals surface area (Å²) in [5.74, 6) is 0.0955. The van der Waals surface area contributed by atoms with Crippen LogP contribution >= 0.6 is 0 Å². The van der Waals surface area contributed by atoms with Gasteiger partial charge in [-0.15, -0.1) is 0 Å². The summed E-state index contributed by atoms with van der Waals surface area (Å²) < 4.78 is 0. The van der Waals surface area contributed by atoms with Crippen molar-refractivity contribution in [3.05, 3.63) is 53.7 Å². The van der Waals surface area contributed by atoms with Gasteiger partial charge in [0.1, 0.15) is 5.82 Å². The molecule has 0 saturated heterocycles. The van der Waals surface area contributed by atoms with Crippen LogP contribution in [0.4, 0.5) is 11.5 Å². The Morgan fingerprint density at radius 2 is 2.17 bits per heavy atom. The van der Waals surface area contributed by atoms with E-state index in [4.69, 9.17) is 11.0 Å². The van der Waals surface area contributed by atoms with E-state index in [0.29, 0.717) is 22.6 Å². The molecule has 5 nitrogen and oxygen atoms in total. The Bertz CT molecular complexity index is 614. The number of nitrogens with zero attached hydrogens (tertiary/aromatic N) is 2. The number of hydrogen-bond donors (Lipinski definition) is 2. The predicted octanol–water partition coefficient (Wildman–Crippen LogP) is 1.79. The van der Waals surface area contributed by atoms with Crippen LogP contribution in [0, 0.1) is 11.3 Å². The van der Waals surface area contributed by atoms with Crippen molar-refractivity contribution in [2.45, 2.75) is 0 Å². The number of nitriles is 1. The van der Waals surface area contributed by atoms with Crippen LogP contribution in [-0.2, 0) is 0 Å². The van der Waals surface area contributed by atoms with Gasteiger partial charge in [0.15, 0.2) is 0 Å². The van der Waals surface area contributed by atoms with E-state index in [2.05, 4.69) is 10.3 Å². The fraction of sp³-hybridized carbons (Fsp3) is 0. The van der Waals surface area contributed by atoms with Gasteiger partial charge in [-0.2, -0.15) is 5.26 Å². The lowest BCUT2D eigenvalue weighted by molar-refractivity contribution is 0.102. The van der Waals surface area contributed by atoms with Crippen molar-refractivity contribution in [2.24, 2.45) is 0 Å². The number of pyridine rings is 1. The monoisotopic (exact) mass is 238 g/mol. The first-order chi connectivity index (χ1) is 8.69. The fourth-order valence-corrected chi connectivity index (χ4v) is 1.41. The van der Waals surface area contributed by atoms with Gasteiger partial charge >= 0.3 is 0 Å². The molecule has 2 rings (SSSR count). The number of aromatic nitrogens is 1. The largest absolute Gasteiger partial charge is 0.384 e. The van der Waals surface area contributed by atoms with Crippen molar-refractivity contribution in [2.75, 3.05) is 11.1 Å². The van der Waals surface area contributed by atoms with Gasteiger partial charge in [0, 0.05) is 5.56 Å². The molecular weight excluding hydrogens is 228 g/mol. The SMILES string of the molecule is N#Cc1cccc(C(=O)Nc2ccc(N)nc2)c1. The Morgan fingerprint density at radius 1 is 1.33 bits per heavy atom. The predicted molar refractivity (Wildman–Crippen MR) is 67.8 cm³/mol. The molecule has 0 saturated carbocycles. The van der Waals surface area contributed by atoms with Gasteiger partial charge in [0.2, 0.25) is 0 Å². The highest BCUT2D eigenvalue weighted by Gasteiger charge is 2.06. The van der Waals surface area contributed by atoms with Gasteiger partial charge in [0.25, 0.3) is 5.91 Å². The molecule has 0 bridgehead atoms. The average Bonchev–Trinajstić information content (AvgIpc) is 2.41. The summed E-state index contributed by atoms with van der Waals surface area (Å²) in [6, 6.07) is 11.7. The molecule has 0 aliphatic carbocycles. The zero-order chi connectivity index (χ0) is 13.0. The molecule has 0 radical (unpaired) electrons. The average molecular weight is 238 g/mol. The number of carbonyl (C=O) groups excluding carboxylic acids is 1. The van der Waals surface area contributed by atoms with Gasteiger partial charge in [-0.05, 0) is 30.3 Å². The zero-order valence-electron chi connectivity index (χ0n) is 9.42. The molecule has 0 aliphatic heterocycles. The number of carbonyl (C=O) groups is 1. The first-order valence-corrected chi connectivity index (χ1v) is 5.22. The molecule has 0 spiro atoms. The normalized spacial score (nSPS) is 9.50. The molecule has 1 aromatic carbocycles. The van der Waals surface area contributed by atoms with Crippen LogP contribution in [0.2, 0.25) is 0 Å². The van der Waals surface area contributed by atoms with Crippen molar-refractivity contribution in [1.82, 2.24) is 4.98 Å². The molecule has 0 aliphatic rings. The van der Waals surface area contributed by atoms with Crippen LogP contribution in [0.1, 0.15) is 15.9 Å². The molecule has 18 heavy (non-hydrogen) atoms. The zero-order valence-corrected chi connectivity index (χ0v) is 9.42. The van der Waals surface area contributed by atoms with E-state index in [1.165, 1.54) is 12.3 Å². The minimum absolute atomic E-state index is 0.293. The van der Waals surface area contributed by atoms with Crippen molar-refractivity contribution < 1.29 is 4.79 Å². The number of anilines is 2. The van der Waals surface area contributed by atoms with Crippen LogP contribution in [0.25, 0.3) is 0 Å². The topological polar surface area (TPSA) is 91.8 Å². The number of nitrogen functional groups attached to an aromatic ring is 1. The molecular formula is C13H10N4O. The second-order valence-corrected chi connectivity index (χ2v) is 3.62. The summed E-state index contributed by atoms with van der Waals surface area (Å²) in [5.41, 5.74) is 6.86. The third-order valence-electron chi connectivity index (χ3n) is 2.30. The van der Waals surface area contributed by atoms with Crippen LogP contribution < -0.4 is 11.1 Å². The number of rotatable bonds is 2. The highest BCUT2D eigenvalue weighted by Crippen LogP contribution is 2.10. The number of hydrogen-bond acceptors (Lipinski definition) is 4. The summed E-state index contributed by atoms with van der Waals surface area (Å²) >= 11 is 0. The Labute approximate surface area is 104 Å². The minimum Gasteiger partial charge on any atom is -0.384 e. The molecule has 1 heterocycles. The molecule has 1 amide bonds. The van der Waals surface area contributed by atoms with Crippen LogP contribution in [0.5, 0.6) is 0 Å². The molecule has 5 heteroatoms. The van der Waals surface area contributed by atoms with Crippen molar-refractivity contribution in [3.63, 3.8) is 0 Å². The summed E-state index contributed by atoms with van der Waals surface area (Å²) in [6.45, 7) is 0. The van der Waals surface area contributed by atoms with Gasteiger partial charge < -0.3 is 11.1 Å². The lowest BCUT2D eigenvalue weighted by Gasteiger charge is -2.05. The molecule has 0 fully saturated rings. The third-order valence-corrected chi connectivity index (χ3v) is 2.30. The summed E-state index contributed by atoms with van der Waals surface area (Å²) in [5, 5.41) is 11.4. The second-order valence-electron chi connectivity index (χ2n) is 3.62. The van der Waals surface area contributed by atoms with Crippen molar-refractivity contribution >= 4 is 17.4 Å². The van der Waals surface area contributed by atoms with E-state index in [9.17, 15) is 4.79 Å². The number of amides is 1. The maximum atomic E-state index is 11.9. The minimum atomic E-state index is -0.293. The van der Waals surface area contributed by atoms with Gasteiger partial charge in [-0.3, -0.25) is 4.79 Å². The highest BCUT2D eigenvalue weighted by molar-refractivity contribution is 6.04. The summed E-state index contributed by atoms with van der Waals surface area (Å²) in [4.78, 5) is 15.8. The van der Waals surface area contributed by atoms with E-state index >= 15 is 0 Å². The highest BCUT2D eigenvalue weighted by atomic mass is 16.1. The lowest BCUT2D eigenvalue weighted by atomic mass is 10.1. The van der Waals surface area contributed by atoms with Gasteiger partial charge in [-0.1, -0.05) is 6.07 Å². The smallest absolute Gasteiger partial charge is 0.255 e. The standard InChI is InChI=1S/C13H10N4O/c14-7-9-2-1-3-10(6-9)13(18)17-11-4-5-12(15)16-8-11/h1-6,8H,(H2,15,16)(H,17,18). The van der Waals surface area contributed by atoms with Gasteiger partial charge in [0.05, 0.1) is 23.5 Å². The number of nitrogens with one attached hydrogen (secondary N) is 1. The molecule has 88 valence electrons.